The first kappa shape index (κ1) is 7.00. The highest BCUT2D eigenvalue weighted by Crippen LogP contribution is 2.30. The fraction of sp³-hybridized carbons (Fsp3) is 0.444. The second-order valence-corrected chi connectivity index (χ2v) is 3.57. The van der Waals surface area contributed by atoms with Crippen LogP contribution in [0.1, 0.15) is 12.8 Å². The van der Waals surface area contributed by atoms with E-state index in [4.69, 9.17) is 0 Å². The van der Waals surface area contributed by atoms with Crippen LogP contribution in [0.15, 0.2) is 18.7 Å². The Morgan fingerprint density at radius 1 is 1.38 bits per heavy atom. The molecule has 13 heavy (non-hydrogen) atoms. The first-order chi connectivity index (χ1) is 6.43. The first-order valence-corrected chi connectivity index (χ1v) is 4.55. The van der Waals surface area contributed by atoms with Crippen molar-refractivity contribution in [2.24, 2.45) is 5.92 Å². The zero-order valence-electron chi connectivity index (χ0n) is 7.22. The standard InChI is InChI=1S/C9H10N4/c1-2-7(1)5-13-9-8(4-12-13)3-10-6-11-9/h3-4,6-7H,1-2,5H2. The van der Waals surface area contributed by atoms with Crippen molar-refractivity contribution in [3.05, 3.63) is 18.7 Å². The molecule has 4 heteroatoms. The highest BCUT2D eigenvalue weighted by atomic mass is 15.3. The number of hydrogen-bond acceptors (Lipinski definition) is 3. The molecule has 0 atom stereocenters. The minimum absolute atomic E-state index is 0.832. The summed E-state index contributed by atoms with van der Waals surface area (Å²) in [4.78, 5) is 8.17. The second-order valence-electron chi connectivity index (χ2n) is 3.57. The topological polar surface area (TPSA) is 43.6 Å². The number of aromatic nitrogens is 4. The highest BCUT2D eigenvalue weighted by Gasteiger charge is 2.22. The molecule has 1 aliphatic carbocycles. The van der Waals surface area contributed by atoms with Gasteiger partial charge in [0, 0.05) is 12.7 Å². The SMILES string of the molecule is c1ncc2cnn(CC3CC3)c2n1. The molecule has 0 aromatic carbocycles. The van der Waals surface area contributed by atoms with Gasteiger partial charge < -0.3 is 0 Å². The minimum atomic E-state index is 0.832. The molecule has 0 aliphatic heterocycles. The molecule has 4 nitrogen and oxygen atoms in total. The molecule has 0 radical (unpaired) electrons. The Morgan fingerprint density at radius 3 is 3.15 bits per heavy atom. The van der Waals surface area contributed by atoms with Crippen LogP contribution in [0, 0.1) is 5.92 Å². The van der Waals surface area contributed by atoms with E-state index in [1.165, 1.54) is 12.8 Å². The van der Waals surface area contributed by atoms with Crippen molar-refractivity contribution in [1.82, 2.24) is 19.7 Å². The largest absolute Gasteiger partial charge is 0.247 e. The minimum Gasteiger partial charge on any atom is -0.247 e. The van der Waals surface area contributed by atoms with E-state index in [9.17, 15) is 0 Å². The summed E-state index contributed by atoms with van der Waals surface area (Å²) in [5, 5.41) is 5.32. The van der Waals surface area contributed by atoms with Gasteiger partial charge in [0.15, 0.2) is 5.65 Å². The maximum Gasteiger partial charge on any atom is 0.161 e. The van der Waals surface area contributed by atoms with Gasteiger partial charge in [-0.3, -0.25) is 0 Å². The third-order valence-corrected chi connectivity index (χ3v) is 2.43. The molecule has 66 valence electrons. The van der Waals surface area contributed by atoms with Crippen molar-refractivity contribution in [3.8, 4) is 0 Å². The molecule has 1 fully saturated rings. The van der Waals surface area contributed by atoms with Crippen LogP contribution in [0.2, 0.25) is 0 Å². The predicted octanol–water partition coefficient (Wildman–Crippen LogP) is 1.24. The first-order valence-electron chi connectivity index (χ1n) is 4.55. The average Bonchev–Trinajstić information content (AvgIpc) is 2.88. The molecule has 0 unspecified atom stereocenters. The molecule has 1 aliphatic rings. The van der Waals surface area contributed by atoms with Crippen molar-refractivity contribution in [1.29, 1.82) is 0 Å². The second kappa shape index (κ2) is 2.52. The van der Waals surface area contributed by atoms with Gasteiger partial charge in [-0.25, -0.2) is 14.6 Å². The fourth-order valence-corrected chi connectivity index (χ4v) is 1.51. The van der Waals surface area contributed by atoms with Crippen molar-refractivity contribution in [2.75, 3.05) is 0 Å². The van der Waals surface area contributed by atoms with Crippen LogP contribution < -0.4 is 0 Å². The molecule has 0 bridgehead atoms. The zero-order valence-corrected chi connectivity index (χ0v) is 7.22. The molecule has 2 heterocycles. The van der Waals surface area contributed by atoms with Gasteiger partial charge in [0.2, 0.25) is 0 Å². The molecule has 2 aromatic heterocycles. The molecule has 1 saturated carbocycles. The molecule has 3 rings (SSSR count). The van der Waals surface area contributed by atoms with Crippen LogP contribution in [-0.4, -0.2) is 19.7 Å². The Bertz CT molecular complexity index is 430. The van der Waals surface area contributed by atoms with E-state index < -0.39 is 0 Å². The summed E-state index contributed by atoms with van der Waals surface area (Å²) in [6.45, 7) is 1.01. The number of fused-ring (bicyclic) bond motifs is 1. The van der Waals surface area contributed by atoms with Gasteiger partial charge in [0.1, 0.15) is 6.33 Å². The van der Waals surface area contributed by atoms with E-state index in [2.05, 4.69) is 15.1 Å². The van der Waals surface area contributed by atoms with E-state index in [1.54, 1.807) is 12.5 Å². The fourth-order valence-electron chi connectivity index (χ4n) is 1.51. The summed E-state index contributed by atoms with van der Waals surface area (Å²) in [5.41, 5.74) is 0.960. The van der Waals surface area contributed by atoms with E-state index in [0.29, 0.717) is 0 Å². The summed E-state index contributed by atoms with van der Waals surface area (Å²) in [5.74, 6) is 0.832. The van der Waals surface area contributed by atoms with Gasteiger partial charge in [-0.2, -0.15) is 5.10 Å². The number of hydrogen-bond donors (Lipinski definition) is 0. The van der Waals surface area contributed by atoms with E-state index >= 15 is 0 Å². The smallest absolute Gasteiger partial charge is 0.161 e. The lowest BCUT2D eigenvalue weighted by Gasteiger charge is -1.98. The average molecular weight is 174 g/mol. The van der Waals surface area contributed by atoms with E-state index in [1.807, 2.05) is 10.9 Å². The molecular weight excluding hydrogens is 164 g/mol. The van der Waals surface area contributed by atoms with Gasteiger partial charge in [-0.15, -0.1) is 0 Å². The van der Waals surface area contributed by atoms with Crippen LogP contribution in [0.3, 0.4) is 0 Å². The molecule has 2 aromatic rings. The third-order valence-electron chi connectivity index (χ3n) is 2.43. The Labute approximate surface area is 75.6 Å². The van der Waals surface area contributed by atoms with Crippen molar-refractivity contribution >= 4 is 11.0 Å². The maximum atomic E-state index is 4.29. The molecule has 0 amide bonds. The number of nitrogens with zero attached hydrogens (tertiary/aromatic N) is 4. The quantitative estimate of drug-likeness (QED) is 0.687. The van der Waals surface area contributed by atoms with Crippen molar-refractivity contribution < 1.29 is 0 Å². The highest BCUT2D eigenvalue weighted by molar-refractivity contribution is 5.72. The normalized spacial score (nSPS) is 16.6. The molecule has 0 N–H and O–H groups in total. The van der Waals surface area contributed by atoms with Crippen LogP contribution in [0.4, 0.5) is 0 Å². The van der Waals surface area contributed by atoms with Gasteiger partial charge >= 0.3 is 0 Å². The molecule has 0 spiro atoms. The molecule has 0 saturated heterocycles. The monoisotopic (exact) mass is 174 g/mol. The van der Waals surface area contributed by atoms with Crippen LogP contribution in [0.25, 0.3) is 11.0 Å². The summed E-state index contributed by atoms with van der Waals surface area (Å²) in [6.07, 6.45) is 7.89. The molecular formula is C9H10N4. The Kier molecular flexibility index (Phi) is 1.36. The Hall–Kier alpha value is -1.45. The Balaban J connectivity index is 2.06. The summed E-state index contributed by atoms with van der Waals surface area (Å²) >= 11 is 0. The van der Waals surface area contributed by atoms with Gasteiger partial charge in [-0.05, 0) is 18.8 Å². The zero-order chi connectivity index (χ0) is 8.67. The number of rotatable bonds is 2. The summed E-state index contributed by atoms with van der Waals surface area (Å²) in [6, 6.07) is 0. The Morgan fingerprint density at radius 2 is 2.31 bits per heavy atom. The van der Waals surface area contributed by atoms with Gasteiger partial charge in [0.05, 0.1) is 11.6 Å². The predicted molar refractivity (Wildman–Crippen MR) is 48.0 cm³/mol. The van der Waals surface area contributed by atoms with Crippen LogP contribution in [-0.2, 0) is 6.54 Å². The third kappa shape index (κ3) is 1.18. The summed E-state index contributed by atoms with van der Waals surface area (Å²) < 4.78 is 1.98. The van der Waals surface area contributed by atoms with Crippen molar-refractivity contribution in [2.45, 2.75) is 19.4 Å². The summed E-state index contributed by atoms with van der Waals surface area (Å²) in [7, 11) is 0. The van der Waals surface area contributed by atoms with Crippen LogP contribution in [0.5, 0.6) is 0 Å². The lowest BCUT2D eigenvalue weighted by molar-refractivity contribution is 0.576. The van der Waals surface area contributed by atoms with Crippen molar-refractivity contribution in [3.63, 3.8) is 0 Å². The maximum absolute atomic E-state index is 4.29. The van der Waals surface area contributed by atoms with Gasteiger partial charge in [0.25, 0.3) is 0 Å². The van der Waals surface area contributed by atoms with Gasteiger partial charge in [-0.1, -0.05) is 0 Å². The lowest BCUT2D eigenvalue weighted by atomic mass is 10.4. The van der Waals surface area contributed by atoms with E-state index in [-0.39, 0.29) is 0 Å². The van der Waals surface area contributed by atoms with E-state index in [0.717, 1.165) is 23.5 Å². The lowest BCUT2D eigenvalue weighted by Crippen LogP contribution is -2.02. The van der Waals surface area contributed by atoms with Crippen LogP contribution >= 0.6 is 0 Å².